The van der Waals surface area contributed by atoms with Crippen molar-refractivity contribution in [1.82, 2.24) is 9.88 Å². The molecule has 0 spiro atoms. The Bertz CT molecular complexity index is 447. The molecule has 0 amide bonds. The maximum Gasteiger partial charge on any atom is 0.310 e. The molecular formula is C12H18N2O3S. The number of hydrogen-bond acceptors (Lipinski definition) is 5. The fourth-order valence-electron chi connectivity index (χ4n) is 2.28. The Morgan fingerprint density at radius 2 is 2.28 bits per heavy atom. The van der Waals surface area contributed by atoms with E-state index in [4.69, 9.17) is 9.84 Å². The molecular weight excluding hydrogens is 252 g/mol. The maximum absolute atomic E-state index is 11.1. The zero-order valence-corrected chi connectivity index (χ0v) is 11.7. The van der Waals surface area contributed by atoms with Gasteiger partial charge in [0.2, 0.25) is 0 Å². The highest BCUT2D eigenvalue weighted by molar-refractivity contribution is 7.11. The molecule has 0 aromatic carbocycles. The topological polar surface area (TPSA) is 62.7 Å². The van der Waals surface area contributed by atoms with E-state index in [-0.39, 0.29) is 6.04 Å². The van der Waals surface area contributed by atoms with Crippen molar-refractivity contribution in [1.29, 1.82) is 0 Å². The molecule has 0 bridgehead atoms. The first kappa shape index (κ1) is 13.5. The summed E-state index contributed by atoms with van der Waals surface area (Å²) in [4.78, 5) is 18.8. The molecule has 0 aliphatic carbocycles. The summed E-state index contributed by atoms with van der Waals surface area (Å²) < 4.78 is 5.29. The minimum Gasteiger partial charge on any atom is -0.481 e. The van der Waals surface area contributed by atoms with Gasteiger partial charge in [0, 0.05) is 17.5 Å². The summed E-state index contributed by atoms with van der Waals surface area (Å²) in [5.74, 6) is -1.20. The summed E-state index contributed by atoms with van der Waals surface area (Å²) in [6, 6.07) is -0.0516. The van der Waals surface area contributed by atoms with Gasteiger partial charge in [0.1, 0.15) is 0 Å². The number of aromatic nitrogens is 1. The standard InChI is InChI=1S/C12H18N2O3S/c1-7-11(18-8(2)13-7)4-14(3)10-6-17-5-9(10)12(15)16/h9-10H,4-6H2,1-3H3,(H,15,16). The van der Waals surface area contributed by atoms with Crippen molar-refractivity contribution in [2.24, 2.45) is 5.92 Å². The number of carbonyl (C=O) groups is 1. The number of ether oxygens (including phenoxy) is 1. The Morgan fingerprint density at radius 3 is 2.83 bits per heavy atom. The van der Waals surface area contributed by atoms with Gasteiger partial charge in [-0.15, -0.1) is 11.3 Å². The van der Waals surface area contributed by atoms with Gasteiger partial charge in [-0.1, -0.05) is 0 Å². The molecule has 1 saturated heterocycles. The van der Waals surface area contributed by atoms with Gasteiger partial charge in [-0.2, -0.15) is 0 Å². The largest absolute Gasteiger partial charge is 0.481 e. The van der Waals surface area contributed by atoms with Crippen molar-refractivity contribution in [2.45, 2.75) is 26.4 Å². The van der Waals surface area contributed by atoms with Crippen molar-refractivity contribution in [3.8, 4) is 0 Å². The molecule has 5 nitrogen and oxygen atoms in total. The second-order valence-corrected chi connectivity index (χ2v) is 5.99. The Balaban J connectivity index is 2.05. The lowest BCUT2D eigenvalue weighted by Gasteiger charge is -2.25. The van der Waals surface area contributed by atoms with E-state index < -0.39 is 11.9 Å². The number of aryl methyl sites for hydroxylation is 2. The molecule has 2 rings (SSSR count). The molecule has 1 aliphatic heterocycles. The molecule has 0 saturated carbocycles. The van der Waals surface area contributed by atoms with Crippen molar-refractivity contribution in [3.63, 3.8) is 0 Å². The van der Waals surface area contributed by atoms with Crippen LogP contribution in [0.1, 0.15) is 15.6 Å². The molecule has 2 unspecified atom stereocenters. The van der Waals surface area contributed by atoms with Crippen LogP contribution >= 0.6 is 11.3 Å². The van der Waals surface area contributed by atoms with Crippen LogP contribution < -0.4 is 0 Å². The van der Waals surface area contributed by atoms with Gasteiger partial charge in [-0.05, 0) is 20.9 Å². The first-order valence-corrected chi connectivity index (χ1v) is 6.74. The smallest absolute Gasteiger partial charge is 0.310 e. The van der Waals surface area contributed by atoms with Crippen LogP contribution in [0.15, 0.2) is 0 Å². The van der Waals surface area contributed by atoms with E-state index in [9.17, 15) is 4.79 Å². The molecule has 0 radical (unpaired) electrons. The van der Waals surface area contributed by atoms with Crippen LogP contribution in [0.25, 0.3) is 0 Å². The summed E-state index contributed by atoms with van der Waals surface area (Å²) >= 11 is 1.67. The second-order valence-electron chi connectivity index (χ2n) is 4.71. The zero-order valence-electron chi connectivity index (χ0n) is 10.8. The Hall–Kier alpha value is -0.980. The van der Waals surface area contributed by atoms with E-state index in [1.54, 1.807) is 11.3 Å². The van der Waals surface area contributed by atoms with Crippen molar-refractivity contribution < 1.29 is 14.6 Å². The second kappa shape index (κ2) is 5.34. The molecule has 1 aromatic heterocycles. The average Bonchev–Trinajstić information content (AvgIpc) is 2.86. The summed E-state index contributed by atoms with van der Waals surface area (Å²) in [5.41, 5.74) is 1.04. The monoisotopic (exact) mass is 270 g/mol. The molecule has 1 aliphatic rings. The normalized spacial score (nSPS) is 23.8. The minimum atomic E-state index is -0.776. The van der Waals surface area contributed by atoms with Gasteiger partial charge < -0.3 is 9.84 Å². The fraction of sp³-hybridized carbons (Fsp3) is 0.667. The highest BCUT2D eigenvalue weighted by atomic mass is 32.1. The highest BCUT2D eigenvalue weighted by Gasteiger charge is 2.36. The van der Waals surface area contributed by atoms with Crippen LogP contribution in [0.2, 0.25) is 0 Å². The number of nitrogens with zero attached hydrogens (tertiary/aromatic N) is 2. The number of hydrogen-bond donors (Lipinski definition) is 1. The van der Waals surface area contributed by atoms with Crippen molar-refractivity contribution >= 4 is 17.3 Å². The van der Waals surface area contributed by atoms with Gasteiger partial charge in [-0.3, -0.25) is 9.69 Å². The van der Waals surface area contributed by atoms with Crippen LogP contribution in [0, 0.1) is 19.8 Å². The third-order valence-electron chi connectivity index (χ3n) is 3.33. The van der Waals surface area contributed by atoms with Gasteiger partial charge >= 0.3 is 5.97 Å². The molecule has 100 valence electrons. The maximum atomic E-state index is 11.1. The summed E-state index contributed by atoms with van der Waals surface area (Å²) in [6.07, 6.45) is 0. The number of aliphatic carboxylic acids is 1. The summed E-state index contributed by atoms with van der Waals surface area (Å²) in [7, 11) is 1.95. The quantitative estimate of drug-likeness (QED) is 0.893. The van der Waals surface area contributed by atoms with Crippen molar-refractivity contribution in [3.05, 3.63) is 15.6 Å². The van der Waals surface area contributed by atoms with Crippen LogP contribution in [-0.2, 0) is 16.1 Å². The lowest BCUT2D eigenvalue weighted by molar-refractivity contribution is -0.143. The third-order valence-corrected chi connectivity index (χ3v) is 4.38. The van der Waals surface area contributed by atoms with Gasteiger partial charge in [0.15, 0.2) is 0 Å². The van der Waals surface area contributed by atoms with E-state index in [1.807, 2.05) is 20.9 Å². The minimum absolute atomic E-state index is 0.0516. The molecule has 1 N–H and O–H groups in total. The fourth-order valence-corrected chi connectivity index (χ4v) is 3.28. The summed E-state index contributed by atoms with van der Waals surface area (Å²) in [6.45, 7) is 5.51. The first-order chi connectivity index (χ1) is 8.49. The van der Waals surface area contributed by atoms with Crippen molar-refractivity contribution in [2.75, 3.05) is 20.3 Å². The van der Waals surface area contributed by atoms with Gasteiger partial charge in [0.25, 0.3) is 0 Å². The number of likely N-dealkylation sites (N-methyl/N-ethyl adjacent to an activating group) is 1. The van der Waals surface area contributed by atoms with E-state index in [0.717, 1.165) is 17.2 Å². The van der Waals surface area contributed by atoms with E-state index in [2.05, 4.69) is 9.88 Å². The molecule has 1 fully saturated rings. The van der Waals surface area contributed by atoms with Crippen LogP contribution in [0.3, 0.4) is 0 Å². The molecule has 2 atom stereocenters. The van der Waals surface area contributed by atoms with Gasteiger partial charge in [0.05, 0.1) is 29.8 Å². The highest BCUT2D eigenvalue weighted by Crippen LogP contribution is 2.24. The molecule has 6 heteroatoms. The van der Waals surface area contributed by atoms with Crippen LogP contribution in [0.4, 0.5) is 0 Å². The molecule has 1 aromatic rings. The first-order valence-electron chi connectivity index (χ1n) is 5.92. The number of rotatable bonds is 4. The van der Waals surface area contributed by atoms with Crippen LogP contribution in [-0.4, -0.2) is 47.3 Å². The SMILES string of the molecule is Cc1nc(C)c(CN(C)C2COCC2C(=O)O)s1. The lowest BCUT2D eigenvalue weighted by Crippen LogP contribution is -2.40. The summed E-state index contributed by atoms with van der Waals surface area (Å²) in [5, 5.41) is 10.2. The Morgan fingerprint density at radius 1 is 1.56 bits per heavy atom. The van der Waals surface area contributed by atoms with E-state index in [0.29, 0.717) is 13.2 Å². The Kier molecular flexibility index (Phi) is 3.99. The number of carboxylic acid groups (broad SMARTS) is 1. The Labute approximate surface area is 110 Å². The van der Waals surface area contributed by atoms with Crippen LogP contribution in [0.5, 0.6) is 0 Å². The van der Waals surface area contributed by atoms with E-state index in [1.165, 1.54) is 4.88 Å². The zero-order chi connectivity index (χ0) is 13.3. The van der Waals surface area contributed by atoms with E-state index >= 15 is 0 Å². The number of thiazole rings is 1. The van der Waals surface area contributed by atoms with Gasteiger partial charge in [-0.25, -0.2) is 4.98 Å². The predicted octanol–water partition coefficient (Wildman–Crippen LogP) is 1.29. The number of carboxylic acids is 1. The molecule has 2 heterocycles. The molecule has 18 heavy (non-hydrogen) atoms. The average molecular weight is 270 g/mol. The predicted molar refractivity (Wildman–Crippen MR) is 68.8 cm³/mol. The lowest BCUT2D eigenvalue weighted by atomic mass is 10.0. The third kappa shape index (κ3) is 2.71.